The van der Waals surface area contributed by atoms with Crippen molar-refractivity contribution in [3.8, 4) is 5.75 Å². The Kier molecular flexibility index (Phi) is 10.3. The number of hydrogen-bond acceptors (Lipinski definition) is 5. The van der Waals surface area contributed by atoms with Crippen LogP contribution in [0.2, 0.25) is 0 Å². The molecular weight excluding hydrogens is 526 g/mol. The van der Waals surface area contributed by atoms with Crippen molar-refractivity contribution in [1.29, 1.82) is 0 Å². The summed E-state index contributed by atoms with van der Waals surface area (Å²) in [6.07, 6.45) is 0.349. The van der Waals surface area contributed by atoms with Gasteiger partial charge in [-0.15, -0.1) is 0 Å². The monoisotopic (exact) mass is 565 g/mol. The first kappa shape index (κ1) is 30.7. The highest BCUT2D eigenvalue weighted by Crippen LogP contribution is 2.33. The second-order valence-corrected chi connectivity index (χ2v) is 12.3. The van der Waals surface area contributed by atoms with Crippen LogP contribution in [-0.4, -0.2) is 49.9 Å². The second kappa shape index (κ2) is 13.5. The van der Waals surface area contributed by atoms with Gasteiger partial charge in [0.05, 0.1) is 17.2 Å². The molecule has 0 bridgehead atoms. The van der Waals surface area contributed by atoms with Crippen molar-refractivity contribution < 1.29 is 22.7 Å². The molecule has 2 amide bonds. The molecule has 3 rings (SSSR count). The molecule has 0 fully saturated rings. The van der Waals surface area contributed by atoms with E-state index in [9.17, 15) is 18.0 Å². The van der Waals surface area contributed by atoms with Crippen molar-refractivity contribution in [1.82, 2.24) is 10.2 Å². The van der Waals surface area contributed by atoms with Crippen LogP contribution < -0.4 is 14.4 Å². The molecule has 0 heterocycles. The van der Waals surface area contributed by atoms with Gasteiger partial charge in [0.15, 0.2) is 0 Å². The summed E-state index contributed by atoms with van der Waals surface area (Å²) < 4.78 is 34.8. The highest BCUT2D eigenvalue weighted by atomic mass is 32.2. The van der Waals surface area contributed by atoms with Crippen molar-refractivity contribution in [3.63, 3.8) is 0 Å². The number of ether oxygens (including phenoxy) is 1. The zero-order valence-electron chi connectivity index (χ0n) is 23.8. The van der Waals surface area contributed by atoms with E-state index >= 15 is 0 Å². The van der Waals surface area contributed by atoms with Crippen molar-refractivity contribution in [2.75, 3.05) is 17.5 Å². The molecule has 0 unspecified atom stereocenters. The molecule has 8 nitrogen and oxygen atoms in total. The predicted molar refractivity (Wildman–Crippen MR) is 158 cm³/mol. The Labute approximate surface area is 238 Å². The molecule has 0 saturated heterocycles. The Bertz CT molecular complexity index is 1370. The molecule has 0 aliphatic carbocycles. The van der Waals surface area contributed by atoms with Gasteiger partial charge in [0.25, 0.3) is 10.0 Å². The van der Waals surface area contributed by atoms with Crippen LogP contribution in [0.5, 0.6) is 5.75 Å². The molecule has 40 heavy (non-hydrogen) atoms. The van der Waals surface area contributed by atoms with E-state index in [0.717, 1.165) is 9.87 Å². The van der Waals surface area contributed by atoms with Crippen LogP contribution in [-0.2, 0) is 26.2 Å². The number of carbonyl (C=O) groups excluding carboxylic acids is 2. The fraction of sp³-hybridized carbons (Fsp3) is 0.355. The Morgan fingerprint density at radius 2 is 1.45 bits per heavy atom. The van der Waals surface area contributed by atoms with E-state index in [1.165, 1.54) is 17.0 Å². The van der Waals surface area contributed by atoms with Crippen LogP contribution in [0, 0.1) is 0 Å². The molecule has 0 saturated carbocycles. The van der Waals surface area contributed by atoms with Gasteiger partial charge < -0.3 is 15.0 Å². The number of anilines is 1. The molecule has 1 N–H and O–H groups in total. The molecule has 0 spiro atoms. The summed E-state index contributed by atoms with van der Waals surface area (Å²) in [6, 6.07) is 23.2. The van der Waals surface area contributed by atoms with E-state index in [2.05, 4.69) is 5.32 Å². The number of nitrogens with one attached hydrogen (secondary N) is 1. The van der Waals surface area contributed by atoms with Crippen molar-refractivity contribution in [3.05, 3.63) is 90.5 Å². The molecule has 0 aromatic heterocycles. The quantitative estimate of drug-likeness (QED) is 0.333. The molecule has 214 valence electrons. The largest absolute Gasteiger partial charge is 0.492 e. The van der Waals surface area contributed by atoms with Crippen molar-refractivity contribution in [2.45, 2.75) is 64.1 Å². The standard InChI is InChI=1S/C31H39N3O5S/c1-6-26(30(36)32-31(3,4)5)33(22-24-16-10-8-11-17-24)29(35)23-34(27-20-14-15-21-28(27)39-7-2)40(37,38)25-18-12-9-13-19-25/h8-21,26H,6-7,22-23H2,1-5H3,(H,32,36)/t26-/m1/s1. The van der Waals surface area contributed by atoms with E-state index in [4.69, 9.17) is 4.74 Å². The van der Waals surface area contributed by atoms with Crippen molar-refractivity contribution in [2.24, 2.45) is 0 Å². The Morgan fingerprint density at radius 1 is 0.875 bits per heavy atom. The third-order valence-electron chi connectivity index (χ3n) is 6.12. The van der Waals surface area contributed by atoms with Gasteiger partial charge >= 0.3 is 0 Å². The SMILES string of the molecule is CCOc1ccccc1N(CC(=O)N(Cc1ccccc1)[C@H](CC)C(=O)NC(C)(C)C)S(=O)(=O)c1ccccc1. The van der Waals surface area contributed by atoms with Crippen LogP contribution >= 0.6 is 0 Å². The summed E-state index contributed by atoms with van der Waals surface area (Å²) in [4.78, 5) is 29.0. The summed E-state index contributed by atoms with van der Waals surface area (Å²) in [5.41, 5.74) is 0.559. The van der Waals surface area contributed by atoms with Crippen LogP contribution in [0.3, 0.4) is 0 Å². The van der Waals surface area contributed by atoms with E-state index in [0.29, 0.717) is 18.8 Å². The number of carbonyl (C=O) groups is 2. The Morgan fingerprint density at radius 3 is 2.02 bits per heavy atom. The highest BCUT2D eigenvalue weighted by Gasteiger charge is 2.35. The highest BCUT2D eigenvalue weighted by molar-refractivity contribution is 7.92. The maximum atomic E-state index is 14.1. The molecule has 1 atom stereocenters. The van der Waals surface area contributed by atoms with Crippen LogP contribution in [0.4, 0.5) is 5.69 Å². The van der Waals surface area contributed by atoms with E-state index in [-0.39, 0.29) is 23.0 Å². The zero-order chi connectivity index (χ0) is 29.3. The normalized spacial score (nSPS) is 12.3. The van der Waals surface area contributed by atoms with E-state index in [1.807, 2.05) is 58.0 Å². The number of amides is 2. The molecular formula is C31H39N3O5S. The Balaban J connectivity index is 2.10. The molecule has 3 aromatic rings. The number of hydrogen-bond donors (Lipinski definition) is 1. The number of para-hydroxylation sites is 2. The average Bonchev–Trinajstić information content (AvgIpc) is 2.92. The number of sulfonamides is 1. The summed E-state index contributed by atoms with van der Waals surface area (Å²) >= 11 is 0. The number of rotatable bonds is 12. The summed E-state index contributed by atoms with van der Waals surface area (Å²) in [7, 11) is -4.17. The third-order valence-corrected chi connectivity index (χ3v) is 7.90. The Hall–Kier alpha value is -3.85. The van der Waals surface area contributed by atoms with Crippen LogP contribution in [0.15, 0.2) is 89.8 Å². The third kappa shape index (κ3) is 7.85. The zero-order valence-corrected chi connectivity index (χ0v) is 24.6. The summed E-state index contributed by atoms with van der Waals surface area (Å²) in [5, 5.41) is 2.97. The summed E-state index contributed by atoms with van der Waals surface area (Å²) in [5.74, 6) is -0.471. The lowest BCUT2D eigenvalue weighted by atomic mass is 10.1. The van der Waals surface area contributed by atoms with Gasteiger partial charge in [-0.05, 0) is 63.9 Å². The van der Waals surface area contributed by atoms with Gasteiger partial charge in [0.2, 0.25) is 11.8 Å². The van der Waals surface area contributed by atoms with E-state index < -0.39 is 34.1 Å². The van der Waals surface area contributed by atoms with E-state index in [1.54, 1.807) is 49.4 Å². The van der Waals surface area contributed by atoms with Gasteiger partial charge in [-0.25, -0.2) is 8.42 Å². The maximum absolute atomic E-state index is 14.1. The maximum Gasteiger partial charge on any atom is 0.264 e. The fourth-order valence-electron chi connectivity index (χ4n) is 4.33. The molecule has 0 aliphatic heterocycles. The predicted octanol–water partition coefficient (Wildman–Crippen LogP) is 5.00. The first-order valence-electron chi connectivity index (χ1n) is 13.4. The molecule has 3 aromatic carbocycles. The van der Waals surface area contributed by atoms with Gasteiger partial charge in [-0.1, -0.05) is 67.6 Å². The van der Waals surface area contributed by atoms with Gasteiger partial charge in [-0.2, -0.15) is 0 Å². The molecule has 9 heteroatoms. The topological polar surface area (TPSA) is 96.0 Å². The minimum atomic E-state index is -4.17. The van der Waals surface area contributed by atoms with Crippen molar-refractivity contribution >= 4 is 27.5 Å². The first-order valence-corrected chi connectivity index (χ1v) is 14.9. The average molecular weight is 566 g/mol. The summed E-state index contributed by atoms with van der Waals surface area (Å²) in [6.45, 7) is 9.20. The molecule has 0 aliphatic rings. The first-order chi connectivity index (χ1) is 19.0. The minimum absolute atomic E-state index is 0.0428. The van der Waals surface area contributed by atoms with Gasteiger partial charge in [0.1, 0.15) is 18.3 Å². The minimum Gasteiger partial charge on any atom is -0.492 e. The second-order valence-electron chi connectivity index (χ2n) is 10.4. The number of benzene rings is 3. The fourth-order valence-corrected chi connectivity index (χ4v) is 5.77. The van der Waals surface area contributed by atoms with Gasteiger partial charge in [-0.3, -0.25) is 13.9 Å². The lowest BCUT2D eigenvalue weighted by Crippen LogP contribution is -2.55. The van der Waals surface area contributed by atoms with Crippen LogP contribution in [0.1, 0.15) is 46.6 Å². The van der Waals surface area contributed by atoms with Gasteiger partial charge in [0, 0.05) is 12.1 Å². The number of nitrogens with zero attached hydrogens (tertiary/aromatic N) is 2. The molecule has 0 radical (unpaired) electrons. The lowest BCUT2D eigenvalue weighted by Gasteiger charge is -2.35. The van der Waals surface area contributed by atoms with Crippen LogP contribution in [0.25, 0.3) is 0 Å². The lowest BCUT2D eigenvalue weighted by molar-refractivity contribution is -0.141. The smallest absolute Gasteiger partial charge is 0.264 e.